The molecule has 0 aliphatic rings. The quantitative estimate of drug-likeness (QED) is 0.592. The molecule has 0 atom stereocenters. The van der Waals surface area contributed by atoms with E-state index < -0.39 is 10.9 Å². The molecule has 0 amide bonds. The van der Waals surface area contributed by atoms with Gasteiger partial charge in [-0.15, -0.1) is 0 Å². The van der Waals surface area contributed by atoms with Gasteiger partial charge in [-0.1, -0.05) is 12.1 Å². The first-order valence-corrected chi connectivity index (χ1v) is 6.45. The molecule has 0 radical (unpaired) electrons. The topological polar surface area (TPSA) is 98.3 Å². The number of carbonyl (C=O) groups is 1. The van der Waals surface area contributed by atoms with Gasteiger partial charge in [0.2, 0.25) is 0 Å². The van der Waals surface area contributed by atoms with Gasteiger partial charge in [-0.05, 0) is 25.1 Å². The van der Waals surface area contributed by atoms with E-state index in [4.69, 9.17) is 0 Å². The van der Waals surface area contributed by atoms with Crippen LogP contribution in [-0.4, -0.2) is 25.8 Å². The van der Waals surface area contributed by atoms with Gasteiger partial charge in [-0.25, -0.2) is 9.48 Å². The third kappa shape index (κ3) is 2.08. The largest absolute Gasteiger partial charge is 0.478 e. The summed E-state index contributed by atoms with van der Waals surface area (Å²) in [6, 6.07) is 10.8. The van der Waals surface area contributed by atoms with Crippen LogP contribution in [0, 0.1) is 17.0 Å². The van der Waals surface area contributed by atoms with Crippen LogP contribution in [0.2, 0.25) is 0 Å². The molecule has 0 saturated heterocycles. The van der Waals surface area contributed by atoms with Gasteiger partial charge in [0, 0.05) is 17.5 Å². The zero-order valence-corrected chi connectivity index (χ0v) is 11.6. The van der Waals surface area contributed by atoms with Crippen LogP contribution in [0.4, 0.5) is 5.69 Å². The number of nitrogens with zero attached hydrogens (tertiary/aromatic N) is 3. The van der Waals surface area contributed by atoms with E-state index in [0.29, 0.717) is 16.9 Å². The fraction of sp³-hybridized carbons (Fsp3) is 0.0667. The molecule has 1 aromatic heterocycles. The van der Waals surface area contributed by atoms with Gasteiger partial charge < -0.3 is 5.11 Å². The fourth-order valence-electron chi connectivity index (χ4n) is 2.40. The Kier molecular flexibility index (Phi) is 3.10. The van der Waals surface area contributed by atoms with Gasteiger partial charge in [0.25, 0.3) is 5.69 Å². The van der Waals surface area contributed by atoms with Crippen molar-refractivity contribution in [3.05, 3.63) is 63.8 Å². The lowest BCUT2D eigenvalue weighted by atomic mass is 10.1. The normalized spacial score (nSPS) is 10.8. The van der Waals surface area contributed by atoms with Crippen molar-refractivity contribution in [3.63, 3.8) is 0 Å². The molecule has 0 aliphatic heterocycles. The van der Waals surface area contributed by atoms with Crippen LogP contribution >= 0.6 is 0 Å². The van der Waals surface area contributed by atoms with E-state index in [-0.39, 0.29) is 11.3 Å². The number of fused-ring (bicyclic) bond motifs is 1. The summed E-state index contributed by atoms with van der Waals surface area (Å²) in [4.78, 5) is 21.8. The Labute approximate surface area is 124 Å². The Hall–Kier alpha value is -3.22. The molecule has 3 rings (SSSR count). The fourth-order valence-corrected chi connectivity index (χ4v) is 2.40. The van der Waals surface area contributed by atoms with E-state index in [9.17, 15) is 20.0 Å². The van der Waals surface area contributed by atoms with Gasteiger partial charge in [0.1, 0.15) is 0 Å². The number of nitro benzene ring substituents is 1. The summed E-state index contributed by atoms with van der Waals surface area (Å²) in [5, 5.41) is 25.3. The number of carboxylic acids is 1. The van der Waals surface area contributed by atoms with Crippen molar-refractivity contribution in [2.75, 3.05) is 0 Å². The highest BCUT2D eigenvalue weighted by Gasteiger charge is 2.17. The van der Waals surface area contributed by atoms with Crippen molar-refractivity contribution in [1.29, 1.82) is 0 Å². The number of hydrogen-bond acceptors (Lipinski definition) is 4. The number of para-hydroxylation sites is 1. The summed E-state index contributed by atoms with van der Waals surface area (Å²) in [6.07, 6.45) is 0. The van der Waals surface area contributed by atoms with Gasteiger partial charge in [0.15, 0.2) is 0 Å². The molecule has 1 heterocycles. The summed E-state index contributed by atoms with van der Waals surface area (Å²) in [5.74, 6) is -1.08. The first-order valence-electron chi connectivity index (χ1n) is 6.45. The van der Waals surface area contributed by atoms with Crippen molar-refractivity contribution in [2.24, 2.45) is 0 Å². The van der Waals surface area contributed by atoms with Crippen LogP contribution in [0.15, 0.2) is 42.5 Å². The molecule has 0 saturated carbocycles. The summed E-state index contributed by atoms with van der Waals surface area (Å²) in [5.41, 5.74) is 1.55. The van der Waals surface area contributed by atoms with E-state index >= 15 is 0 Å². The molecule has 7 nitrogen and oxygen atoms in total. The second-order valence-electron chi connectivity index (χ2n) is 4.78. The Bertz CT molecular complexity index is 914. The Morgan fingerprint density at radius 2 is 2.00 bits per heavy atom. The number of aromatic nitrogens is 2. The van der Waals surface area contributed by atoms with Crippen LogP contribution in [0.3, 0.4) is 0 Å². The zero-order chi connectivity index (χ0) is 15.9. The predicted molar refractivity (Wildman–Crippen MR) is 79.4 cm³/mol. The van der Waals surface area contributed by atoms with Crippen LogP contribution in [0.25, 0.3) is 16.6 Å². The van der Waals surface area contributed by atoms with E-state index in [0.717, 1.165) is 5.39 Å². The highest BCUT2D eigenvalue weighted by molar-refractivity contribution is 5.93. The Balaban J connectivity index is 2.34. The van der Waals surface area contributed by atoms with E-state index in [1.54, 1.807) is 31.2 Å². The molecule has 2 aromatic carbocycles. The predicted octanol–water partition coefficient (Wildman–Crippen LogP) is 2.94. The maximum atomic E-state index is 11.4. The van der Waals surface area contributed by atoms with Gasteiger partial charge in [0.05, 0.1) is 27.4 Å². The lowest BCUT2D eigenvalue weighted by Crippen LogP contribution is -2.06. The van der Waals surface area contributed by atoms with Crippen molar-refractivity contribution < 1.29 is 14.8 Å². The molecular formula is C15H11N3O4. The Morgan fingerprint density at radius 3 is 2.68 bits per heavy atom. The zero-order valence-electron chi connectivity index (χ0n) is 11.6. The Morgan fingerprint density at radius 1 is 1.27 bits per heavy atom. The van der Waals surface area contributed by atoms with Crippen molar-refractivity contribution >= 4 is 22.6 Å². The van der Waals surface area contributed by atoms with Gasteiger partial charge in [-0.2, -0.15) is 5.10 Å². The van der Waals surface area contributed by atoms with Crippen LogP contribution < -0.4 is 0 Å². The number of rotatable bonds is 3. The van der Waals surface area contributed by atoms with Crippen molar-refractivity contribution in [1.82, 2.24) is 9.78 Å². The molecule has 1 N–H and O–H groups in total. The number of carboxylic acid groups (broad SMARTS) is 1. The second kappa shape index (κ2) is 4.96. The van der Waals surface area contributed by atoms with Crippen LogP contribution in [0.1, 0.15) is 16.1 Å². The highest BCUT2D eigenvalue weighted by Crippen LogP contribution is 2.27. The minimum Gasteiger partial charge on any atom is -0.478 e. The minimum absolute atomic E-state index is 0.0681. The third-order valence-electron chi connectivity index (χ3n) is 3.42. The van der Waals surface area contributed by atoms with Crippen LogP contribution in [0.5, 0.6) is 0 Å². The maximum absolute atomic E-state index is 11.4. The molecule has 3 aromatic rings. The average Bonchev–Trinajstić information content (AvgIpc) is 2.83. The van der Waals surface area contributed by atoms with Crippen molar-refractivity contribution in [2.45, 2.75) is 6.92 Å². The average molecular weight is 297 g/mol. The second-order valence-corrected chi connectivity index (χ2v) is 4.78. The lowest BCUT2D eigenvalue weighted by Gasteiger charge is -2.07. The molecule has 0 spiro atoms. The first kappa shape index (κ1) is 13.7. The smallest absolute Gasteiger partial charge is 0.337 e. The van der Waals surface area contributed by atoms with Crippen LogP contribution in [-0.2, 0) is 0 Å². The SMILES string of the molecule is Cc1nn(-c2ccccc2C(=O)O)c2cc([N+](=O)[O-])ccc12. The molecule has 0 unspecified atom stereocenters. The summed E-state index contributed by atoms with van der Waals surface area (Å²) >= 11 is 0. The van der Waals surface area contributed by atoms with Crippen molar-refractivity contribution in [3.8, 4) is 5.69 Å². The molecule has 0 fully saturated rings. The van der Waals surface area contributed by atoms with E-state index in [2.05, 4.69) is 5.10 Å². The van der Waals surface area contributed by atoms with Gasteiger partial charge in [-0.3, -0.25) is 10.1 Å². The van der Waals surface area contributed by atoms with Gasteiger partial charge >= 0.3 is 5.97 Å². The molecule has 0 aliphatic carbocycles. The molecule has 22 heavy (non-hydrogen) atoms. The monoisotopic (exact) mass is 297 g/mol. The summed E-state index contributed by atoms with van der Waals surface area (Å²) < 4.78 is 1.43. The van der Waals surface area contributed by atoms with E-state index in [1.165, 1.54) is 22.9 Å². The number of benzene rings is 2. The number of hydrogen-bond donors (Lipinski definition) is 1. The molecule has 0 bridgehead atoms. The molecular weight excluding hydrogens is 286 g/mol. The minimum atomic E-state index is -1.08. The first-order chi connectivity index (χ1) is 10.5. The standard InChI is InChI=1S/C15H11N3O4/c1-9-11-7-6-10(18(21)22)8-14(11)17(16-9)13-5-3-2-4-12(13)15(19)20/h2-8H,1H3,(H,19,20). The summed E-state index contributed by atoms with van der Waals surface area (Å²) in [6.45, 7) is 1.77. The highest BCUT2D eigenvalue weighted by atomic mass is 16.6. The number of non-ortho nitro benzene ring substituents is 1. The maximum Gasteiger partial charge on any atom is 0.337 e. The number of aromatic carboxylic acids is 1. The number of nitro groups is 1. The van der Waals surface area contributed by atoms with E-state index in [1.807, 2.05) is 0 Å². The molecule has 110 valence electrons. The third-order valence-corrected chi connectivity index (χ3v) is 3.42. The lowest BCUT2D eigenvalue weighted by molar-refractivity contribution is -0.384. The summed E-state index contributed by atoms with van der Waals surface area (Å²) in [7, 11) is 0. The number of aryl methyl sites for hydroxylation is 1. The molecule has 7 heteroatoms.